The van der Waals surface area contributed by atoms with Crippen LogP contribution in [0.1, 0.15) is 22.9 Å². The van der Waals surface area contributed by atoms with Crippen molar-refractivity contribution in [2.24, 2.45) is 0 Å². The van der Waals surface area contributed by atoms with Crippen molar-refractivity contribution in [3.8, 4) is 11.5 Å². The molecule has 6 heteroatoms. The molecule has 2 aromatic carbocycles. The van der Waals surface area contributed by atoms with Crippen molar-refractivity contribution >= 4 is 0 Å². The molecule has 25 heavy (non-hydrogen) atoms. The largest absolute Gasteiger partial charge is 0.491 e. The minimum atomic E-state index is -0.0136. The number of ether oxygens (including phenoxy) is 2. The van der Waals surface area contributed by atoms with Gasteiger partial charge in [-0.05, 0) is 42.3 Å². The van der Waals surface area contributed by atoms with Crippen LogP contribution in [0.25, 0.3) is 0 Å². The Morgan fingerprint density at radius 2 is 1.60 bits per heavy atom. The number of benzene rings is 2. The Bertz CT molecular complexity index is 799. The summed E-state index contributed by atoms with van der Waals surface area (Å²) in [6, 6.07) is 15.3. The maximum absolute atomic E-state index is 8.73. The molecule has 3 rings (SSSR count). The highest BCUT2D eigenvalue weighted by atomic mass is 16.5. The van der Waals surface area contributed by atoms with Gasteiger partial charge in [-0.2, -0.15) is 0 Å². The number of nitrogens with zero attached hydrogens (tertiary/aromatic N) is 2. The summed E-state index contributed by atoms with van der Waals surface area (Å²) in [6.45, 7) is 2.52. The van der Waals surface area contributed by atoms with Crippen molar-refractivity contribution in [3.05, 3.63) is 71.4 Å². The van der Waals surface area contributed by atoms with E-state index in [1.54, 1.807) is 24.3 Å². The van der Waals surface area contributed by atoms with E-state index in [0.29, 0.717) is 29.7 Å². The molecule has 0 aliphatic rings. The van der Waals surface area contributed by atoms with Crippen molar-refractivity contribution in [1.29, 1.82) is 0 Å². The van der Waals surface area contributed by atoms with Crippen molar-refractivity contribution in [1.82, 2.24) is 10.2 Å². The Balaban J connectivity index is 1.54. The van der Waals surface area contributed by atoms with Gasteiger partial charge in [0, 0.05) is 0 Å². The fourth-order valence-corrected chi connectivity index (χ4v) is 2.33. The lowest BCUT2D eigenvalue weighted by molar-refractivity contribution is 0.201. The first-order chi connectivity index (χ1) is 12.2. The monoisotopic (exact) mass is 340 g/mol. The Hall–Kier alpha value is -2.86. The third kappa shape index (κ3) is 4.81. The second-order valence-corrected chi connectivity index (χ2v) is 5.52. The second-order valence-electron chi connectivity index (χ2n) is 5.52. The van der Waals surface area contributed by atoms with Gasteiger partial charge in [-0.15, -0.1) is 10.2 Å². The van der Waals surface area contributed by atoms with E-state index in [4.69, 9.17) is 19.0 Å². The van der Waals surface area contributed by atoms with Crippen molar-refractivity contribution < 1.29 is 19.0 Å². The predicted octanol–water partition coefficient (Wildman–Crippen LogP) is 2.92. The molecule has 0 radical (unpaired) electrons. The van der Waals surface area contributed by atoms with Gasteiger partial charge in [0.15, 0.2) is 6.61 Å². The van der Waals surface area contributed by atoms with Crippen LogP contribution in [-0.4, -0.2) is 28.5 Å². The molecule has 0 bridgehead atoms. The summed E-state index contributed by atoms with van der Waals surface area (Å²) in [5.41, 5.74) is 2.36. The fraction of sp³-hybridized carbons (Fsp3) is 0.263. The highest BCUT2D eigenvalue weighted by Crippen LogP contribution is 2.19. The van der Waals surface area contributed by atoms with Crippen molar-refractivity contribution in [2.75, 3.05) is 13.2 Å². The zero-order valence-corrected chi connectivity index (χ0v) is 14.0. The number of aliphatic hydroxyl groups is 1. The summed E-state index contributed by atoms with van der Waals surface area (Å²) in [5, 5.41) is 16.8. The van der Waals surface area contributed by atoms with Gasteiger partial charge in [-0.25, -0.2) is 0 Å². The molecule has 1 aromatic heterocycles. The van der Waals surface area contributed by atoms with Crippen LogP contribution in [0, 0.1) is 6.92 Å². The second kappa shape index (κ2) is 8.30. The third-order valence-electron chi connectivity index (χ3n) is 3.66. The molecule has 0 saturated heterocycles. The van der Waals surface area contributed by atoms with Crippen LogP contribution in [0.2, 0.25) is 0 Å². The molecule has 0 amide bonds. The Morgan fingerprint density at radius 1 is 0.920 bits per heavy atom. The summed E-state index contributed by atoms with van der Waals surface area (Å²) in [7, 11) is 0. The summed E-state index contributed by atoms with van der Waals surface area (Å²) >= 11 is 0. The smallest absolute Gasteiger partial charge is 0.253 e. The van der Waals surface area contributed by atoms with Crippen LogP contribution >= 0.6 is 0 Å². The minimum Gasteiger partial charge on any atom is -0.491 e. The van der Waals surface area contributed by atoms with Crippen LogP contribution in [-0.2, 0) is 13.0 Å². The van der Waals surface area contributed by atoms with Crippen LogP contribution < -0.4 is 9.47 Å². The van der Waals surface area contributed by atoms with Gasteiger partial charge < -0.3 is 19.0 Å². The lowest BCUT2D eigenvalue weighted by Gasteiger charge is -2.06. The minimum absolute atomic E-state index is 0.0136. The Labute approximate surface area is 146 Å². The molecule has 1 N–H and O–H groups in total. The maximum atomic E-state index is 8.73. The highest BCUT2D eigenvalue weighted by Gasteiger charge is 2.09. The molecule has 0 aliphatic carbocycles. The first kappa shape index (κ1) is 17.0. The van der Waals surface area contributed by atoms with Crippen LogP contribution in [0.3, 0.4) is 0 Å². The van der Waals surface area contributed by atoms with E-state index in [1.165, 1.54) is 5.56 Å². The normalized spacial score (nSPS) is 10.6. The topological polar surface area (TPSA) is 77.6 Å². The van der Waals surface area contributed by atoms with Crippen molar-refractivity contribution in [2.45, 2.75) is 20.0 Å². The van der Waals surface area contributed by atoms with E-state index in [9.17, 15) is 0 Å². The number of rotatable bonds is 8. The zero-order chi connectivity index (χ0) is 17.5. The molecule has 0 saturated carbocycles. The van der Waals surface area contributed by atoms with E-state index in [1.807, 2.05) is 12.1 Å². The van der Waals surface area contributed by atoms with E-state index in [-0.39, 0.29) is 19.8 Å². The third-order valence-corrected chi connectivity index (χ3v) is 3.66. The highest BCUT2D eigenvalue weighted by molar-refractivity contribution is 5.31. The van der Waals surface area contributed by atoms with Crippen LogP contribution in [0.15, 0.2) is 52.9 Å². The molecular weight excluding hydrogens is 320 g/mol. The van der Waals surface area contributed by atoms with Gasteiger partial charge in [0.2, 0.25) is 5.89 Å². The Morgan fingerprint density at radius 3 is 2.32 bits per heavy atom. The van der Waals surface area contributed by atoms with E-state index < -0.39 is 0 Å². The van der Waals surface area contributed by atoms with Crippen LogP contribution in [0.4, 0.5) is 0 Å². The predicted molar refractivity (Wildman–Crippen MR) is 91.6 cm³/mol. The van der Waals surface area contributed by atoms with E-state index in [0.717, 1.165) is 5.56 Å². The summed E-state index contributed by atoms with van der Waals surface area (Å²) in [5.74, 6) is 2.36. The lowest BCUT2D eigenvalue weighted by Crippen LogP contribution is -2.01. The molecule has 130 valence electrons. The first-order valence-corrected chi connectivity index (χ1v) is 8.07. The van der Waals surface area contributed by atoms with Crippen LogP contribution in [0.5, 0.6) is 11.5 Å². The summed E-state index contributed by atoms with van der Waals surface area (Å²) in [4.78, 5) is 0. The quantitative estimate of drug-likeness (QED) is 0.679. The molecular formula is C19H20N2O4. The number of aromatic nitrogens is 2. The van der Waals surface area contributed by atoms with Gasteiger partial charge in [0.1, 0.15) is 18.1 Å². The number of aryl methyl sites for hydroxylation is 1. The Kier molecular flexibility index (Phi) is 5.64. The van der Waals surface area contributed by atoms with E-state index >= 15 is 0 Å². The molecule has 1 heterocycles. The molecule has 0 aliphatic heterocycles. The van der Waals surface area contributed by atoms with Gasteiger partial charge in [0.05, 0.1) is 13.0 Å². The average molecular weight is 340 g/mol. The maximum Gasteiger partial charge on any atom is 0.253 e. The lowest BCUT2D eigenvalue weighted by atomic mass is 10.1. The summed E-state index contributed by atoms with van der Waals surface area (Å²) in [6.07, 6.45) is 0.608. The number of hydrogen-bond acceptors (Lipinski definition) is 6. The number of aliphatic hydroxyl groups excluding tert-OH is 1. The van der Waals surface area contributed by atoms with Gasteiger partial charge in [0.25, 0.3) is 5.89 Å². The zero-order valence-electron chi connectivity index (χ0n) is 14.0. The van der Waals surface area contributed by atoms with Gasteiger partial charge in [-0.1, -0.05) is 24.3 Å². The molecule has 0 fully saturated rings. The standard InChI is InChI=1S/C19H20N2O4/c1-14-4-2-3-5-15(14)12-18-20-21-19(25-18)13-24-17-8-6-16(7-9-17)23-11-10-22/h2-9,22H,10-13H2,1H3. The SMILES string of the molecule is Cc1ccccc1Cc1nnc(COc2ccc(OCCO)cc2)o1. The molecule has 0 spiro atoms. The molecule has 3 aromatic rings. The molecule has 0 atom stereocenters. The summed E-state index contributed by atoms with van der Waals surface area (Å²) < 4.78 is 16.6. The fourth-order valence-electron chi connectivity index (χ4n) is 2.33. The average Bonchev–Trinajstić information content (AvgIpc) is 3.08. The number of hydrogen-bond donors (Lipinski definition) is 1. The van der Waals surface area contributed by atoms with Gasteiger partial charge >= 0.3 is 0 Å². The molecule has 6 nitrogen and oxygen atoms in total. The first-order valence-electron chi connectivity index (χ1n) is 8.07. The van der Waals surface area contributed by atoms with E-state index in [2.05, 4.69) is 29.3 Å². The van der Waals surface area contributed by atoms with Gasteiger partial charge in [-0.3, -0.25) is 0 Å². The van der Waals surface area contributed by atoms with Crippen molar-refractivity contribution in [3.63, 3.8) is 0 Å². The molecule has 0 unspecified atom stereocenters.